The molecule has 0 saturated heterocycles. The second-order valence-corrected chi connectivity index (χ2v) is 39.0. The van der Waals surface area contributed by atoms with Gasteiger partial charge in [-0.25, -0.2) is 0 Å². The fraction of sp³-hybridized carbons (Fsp3) is 0.211. The van der Waals surface area contributed by atoms with Crippen LogP contribution in [0, 0.1) is 0 Å². The summed E-state index contributed by atoms with van der Waals surface area (Å²) in [5.41, 5.74) is 2.93. The fourth-order valence-corrected chi connectivity index (χ4v) is 27.4. The summed E-state index contributed by atoms with van der Waals surface area (Å²) in [6.45, 7) is 0. The fourth-order valence-electron chi connectivity index (χ4n) is 5.99. The molecule has 0 aliphatic carbocycles. The molecule has 0 nitrogen and oxygen atoms in total. The van der Waals surface area contributed by atoms with E-state index in [1.165, 1.54) is 64.9 Å². The van der Waals surface area contributed by atoms with E-state index in [0.29, 0.717) is 0 Å². The Morgan fingerprint density at radius 1 is 0.333 bits per heavy atom. The maximum atomic E-state index is 4.35. The summed E-state index contributed by atoms with van der Waals surface area (Å²) in [5.74, 6) is 0. The molecule has 0 atom stereocenters. The number of benzene rings is 5. The predicted octanol–water partition coefficient (Wildman–Crippen LogP) is 8.64. The number of rotatable bonds is 14. The summed E-state index contributed by atoms with van der Waals surface area (Å²) >= 11 is 3.65. The molecule has 5 aromatic rings. The van der Waals surface area contributed by atoms with Crippen molar-refractivity contribution in [2.24, 2.45) is 0 Å². The molecule has 5 aromatic carbocycles. The maximum absolute atomic E-state index is 4.35. The van der Waals surface area contributed by atoms with Crippen LogP contribution in [0.3, 0.4) is 0 Å². The number of hydrogen-bond acceptors (Lipinski definition) is 0. The number of halogens is 2. The molecule has 0 N–H and O–H groups in total. The van der Waals surface area contributed by atoms with Gasteiger partial charge in [-0.3, -0.25) is 0 Å². The Balaban J connectivity index is 1.11. The number of hydrogen-bond donors (Lipinski definition) is 0. The van der Waals surface area contributed by atoms with Gasteiger partial charge in [0.15, 0.2) is 0 Å². The molecule has 0 spiro atoms. The second kappa shape index (κ2) is 15.7. The number of unbranched alkanes of at least 4 members (excludes halogenated alkanes) is 2. The van der Waals surface area contributed by atoms with Crippen LogP contribution in [0.25, 0.3) is 0 Å². The molecule has 214 valence electrons. The SMILES string of the molecule is [Br][Ge]([CH2]CCCc1ccc(CCC[CH2][Ge]([Br])([c]2ccccc2)[c]2ccccc2)cc1)([c]1ccccc1)[c]1ccccc1. The molecule has 0 heterocycles. The van der Waals surface area contributed by atoms with Gasteiger partial charge < -0.3 is 0 Å². The van der Waals surface area contributed by atoms with Crippen LogP contribution in [-0.2, 0) is 12.8 Å². The average molecular weight is 802 g/mol. The summed E-state index contributed by atoms with van der Waals surface area (Å²) in [6, 6.07) is 54.1. The molecule has 0 amide bonds. The first-order valence-electron chi connectivity index (χ1n) is 15.3. The van der Waals surface area contributed by atoms with Crippen LogP contribution >= 0.6 is 28.0 Å². The molecule has 5 rings (SSSR count). The third-order valence-corrected chi connectivity index (χ3v) is 36.9. The van der Waals surface area contributed by atoms with Gasteiger partial charge in [-0.2, -0.15) is 0 Å². The van der Waals surface area contributed by atoms with Gasteiger partial charge in [0.25, 0.3) is 0 Å². The first-order chi connectivity index (χ1) is 20.6. The van der Waals surface area contributed by atoms with E-state index in [-0.39, 0.29) is 0 Å². The number of aryl methyl sites for hydroxylation is 2. The Morgan fingerprint density at radius 2 is 0.595 bits per heavy atom. The standard InChI is InChI=1S/C38H40Br2Ge2/c39-41(35-19-5-1-6-20-35,36-21-7-2-8-22-36)31-15-13-17-33-27-29-34(30-28-33)18-14-16-32-42(40,37-23-9-3-10-24-37)38-25-11-4-12-26-38/h1-12,19-30H,13-18,31-32H2. The molecule has 0 bridgehead atoms. The molecular formula is C38H40Br2Ge2. The van der Waals surface area contributed by atoms with Crippen molar-refractivity contribution in [3.63, 3.8) is 0 Å². The zero-order valence-electron chi connectivity index (χ0n) is 24.3. The van der Waals surface area contributed by atoms with E-state index in [1.807, 2.05) is 0 Å². The van der Waals surface area contributed by atoms with E-state index in [4.69, 9.17) is 0 Å². The minimum absolute atomic E-state index is 1.16. The Kier molecular flexibility index (Phi) is 11.8. The van der Waals surface area contributed by atoms with Crippen molar-refractivity contribution in [1.82, 2.24) is 0 Å². The molecule has 4 heteroatoms. The monoisotopic (exact) mass is 802 g/mol. The topological polar surface area (TPSA) is 0 Å². The van der Waals surface area contributed by atoms with Crippen LogP contribution in [0.4, 0.5) is 0 Å². The van der Waals surface area contributed by atoms with Crippen molar-refractivity contribution in [2.75, 3.05) is 0 Å². The molecular weight excluding hydrogens is 761 g/mol. The summed E-state index contributed by atoms with van der Waals surface area (Å²) in [7, 11) is 0. The Morgan fingerprint density at radius 3 is 0.857 bits per heavy atom. The quantitative estimate of drug-likeness (QED) is 0.0780. The van der Waals surface area contributed by atoms with Crippen molar-refractivity contribution < 1.29 is 0 Å². The van der Waals surface area contributed by atoms with Crippen molar-refractivity contribution in [3.8, 4) is 0 Å². The van der Waals surface area contributed by atoms with Crippen LogP contribution in [0.15, 0.2) is 146 Å². The van der Waals surface area contributed by atoms with Gasteiger partial charge in [-0.15, -0.1) is 0 Å². The summed E-state index contributed by atoms with van der Waals surface area (Å²) in [6.07, 6.45) is 7.27. The van der Waals surface area contributed by atoms with Gasteiger partial charge in [0, 0.05) is 0 Å². The zero-order chi connectivity index (χ0) is 29.1. The van der Waals surface area contributed by atoms with Crippen LogP contribution in [0.1, 0.15) is 36.8 Å². The first kappa shape index (κ1) is 31.6. The molecule has 0 fully saturated rings. The summed E-state index contributed by atoms with van der Waals surface area (Å²) < 4.78 is 6.06. The van der Waals surface area contributed by atoms with Gasteiger partial charge in [0.05, 0.1) is 0 Å². The van der Waals surface area contributed by atoms with E-state index >= 15 is 0 Å². The van der Waals surface area contributed by atoms with E-state index in [9.17, 15) is 0 Å². The normalized spacial score (nSPS) is 11.9. The van der Waals surface area contributed by atoms with Gasteiger partial charge in [0.2, 0.25) is 0 Å². The van der Waals surface area contributed by atoms with Crippen molar-refractivity contribution in [2.45, 2.75) is 49.0 Å². The van der Waals surface area contributed by atoms with Gasteiger partial charge in [-0.05, 0) is 0 Å². The van der Waals surface area contributed by atoms with E-state index in [2.05, 4.69) is 174 Å². The van der Waals surface area contributed by atoms with Crippen molar-refractivity contribution in [3.05, 3.63) is 157 Å². The third kappa shape index (κ3) is 8.19. The molecule has 0 radical (unpaired) electrons. The summed E-state index contributed by atoms with van der Waals surface area (Å²) in [4.78, 5) is 0. The Labute approximate surface area is 272 Å². The molecule has 0 saturated carbocycles. The molecule has 0 unspecified atom stereocenters. The van der Waals surface area contributed by atoms with E-state index in [0.717, 1.165) is 12.8 Å². The molecule has 0 aliphatic heterocycles. The van der Waals surface area contributed by atoms with E-state index < -0.39 is 22.8 Å². The second-order valence-electron chi connectivity index (χ2n) is 11.3. The minimum atomic E-state index is -2.53. The molecule has 0 aliphatic rings. The van der Waals surface area contributed by atoms with Gasteiger partial charge >= 0.3 is 274 Å². The van der Waals surface area contributed by atoms with Crippen LogP contribution in [0.5, 0.6) is 0 Å². The van der Waals surface area contributed by atoms with Crippen LogP contribution < -0.4 is 17.6 Å². The average Bonchev–Trinajstić information content (AvgIpc) is 3.07. The third-order valence-electron chi connectivity index (χ3n) is 8.42. The van der Waals surface area contributed by atoms with E-state index in [1.54, 1.807) is 0 Å². The molecule has 0 aromatic heterocycles. The predicted molar refractivity (Wildman–Crippen MR) is 196 cm³/mol. The molecule has 42 heavy (non-hydrogen) atoms. The zero-order valence-corrected chi connectivity index (χ0v) is 31.6. The van der Waals surface area contributed by atoms with Crippen molar-refractivity contribution >= 4 is 68.4 Å². The first-order valence-corrected chi connectivity index (χ1v) is 32.2. The van der Waals surface area contributed by atoms with Gasteiger partial charge in [-0.1, -0.05) is 0 Å². The summed E-state index contributed by atoms with van der Waals surface area (Å²) in [5, 5.41) is 2.52. The Hall–Kier alpha value is -1.85. The van der Waals surface area contributed by atoms with Crippen LogP contribution in [0.2, 0.25) is 10.5 Å². The van der Waals surface area contributed by atoms with Gasteiger partial charge in [0.1, 0.15) is 0 Å². The Bertz CT molecular complexity index is 1280. The van der Waals surface area contributed by atoms with Crippen LogP contribution in [-0.4, -0.2) is 22.8 Å². The van der Waals surface area contributed by atoms with Crippen molar-refractivity contribution in [1.29, 1.82) is 0 Å².